The van der Waals surface area contributed by atoms with Gasteiger partial charge < -0.3 is 14.6 Å². The summed E-state index contributed by atoms with van der Waals surface area (Å²) in [5, 5.41) is 10.2. The quantitative estimate of drug-likeness (QED) is 0.270. The van der Waals surface area contributed by atoms with E-state index in [1.165, 1.54) is 7.11 Å². The fraction of sp³-hybridized carbons (Fsp3) is 0.241. The number of carbonyl (C=O) groups is 2. The molecule has 38 heavy (non-hydrogen) atoms. The van der Waals surface area contributed by atoms with E-state index in [9.17, 15) is 19.5 Å². The second-order valence-corrected chi connectivity index (χ2v) is 9.12. The number of aliphatic carboxylic acids is 1. The lowest BCUT2D eigenvalue weighted by Crippen LogP contribution is -2.27. The summed E-state index contributed by atoms with van der Waals surface area (Å²) in [6, 6.07) is 18.4. The van der Waals surface area contributed by atoms with Crippen LogP contribution in [0, 0.1) is 0 Å². The molecule has 0 bridgehead atoms. The Bertz CT molecular complexity index is 1530. The lowest BCUT2D eigenvalue weighted by atomic mass is 10.1. The Balaban J connectivity index is 1.68. The van der Waals surface area contributed by atoms with E-state index in [1.54, 1.807) is 71.3 Å². The minimum Gasteiger partial charge on any atom is -0.478 e. The SMILES string of the molecule is CCCCc1nc2cccc(C(=O)OC)c2c(=O)n1Cc1ccc(OC(C(=O)O)c2ccccc2Cl)cc1. The number of hydrogen-bond acceptors (Lipinski definition) is 6. The van der Waals surface area contributed by atoms with Gasteiger partial charge >= 0.3 is 11.9 Å². The number of fused-ring (bicyclic) bond motifs is 1. The number of rotatable bonds is 10. The minimum atomic E-state index is -1.28. The van der Waals surface area contributed by atoms with Gasteiger partial charge in [-0.05, 0) is 42.3 Å². The normalized spacial score (nSPS) is 11.8. The third-order valence-corrected chi connectivity index (χ3v) is 6.50. The van der Waals surface area contributed by atoms with Crippen molar-refractivity contribution in [1.29, 1.82) is 0 Å². The van der Waals surface area contributed by atoms with Crippen molar-refractivity contribution in [3.63, 3.8) is 0 Å². The molecule has 0 aliphatic carbocycles. The van der Waals surface area contributed by atoms with Gasteiger partial charge in [0.2, 0.25) is 6.10 Å². The number of carbonyl (C=O) groups excluding carboxylic acids is 1. The van der Waals surface area contributed by atoms with Gasteiger partial charge in [-0.3, -0.25) is 9.36 Å². The van der Waals surface area contributed by atoms with Gasteiger partial charge in [0, 0.05) is 17.0 Å². The number of carboxylic acids is 1. The van der Waals surface area contributed by atoms with Crippen LogP contribution in [0.25, 0.3) is 10.9 Å². The third-order valence-electron chi connectivity index (χ3n) is 6.15. The summed E-state index contributed by atoms with van der Waals surface area (Å²) >= 11 is 6.18. The van der Waals surface area contributed by atoms with E-state index in [0.717, 1.165) is 18.4 Å². The van der Waals surface area contributed by atoms with Gasteiger partial charge in [-0.25, -0.2) is 14.6 Å². The van der Waals surface area contributed by atoms with Crippen molar-refractivity contribution in [3.05, 3.63) is 105 Å². The van der Waals surface area contributed by atoms with Crippen LogP contribution in [0.3, 0.4) is 0 Å². The van der Waals surface area contributed by atoms with Crippen molar-refractivity contribution in [2.24, 2.45) is 0 Å². The van der Waals surface area contributed by atoms with Gasteiger partial charge in [-0.15, -0.1) is 0 Å². The zero-order valence-electron chi connectivity index (χ0n) is 21.0. The van der Waals surface area contributed by atoms with Crippen molar-refractivity contribution in [2.45, 2.75) is 38.8 Å². The largest absolute Gasteiger partial charge is 0.478 e. The van der Waals surface area contributed by atoms with Gasteiger partial charge in [0.25, 0.3) is 5.56 Å². The smallest absolute Gasteiger partial charge is 0.349 e. The summed E-state index contributed by atoms with van der Waals surface area (Å²) in [7, 11) is 1.27. The number of hydrogen-bond donors (Lipinski definition) is 1. The number of aryl methyl sites for hydroxylation is 1. The Labute approximate surface area is 224 Å². The molecule has 0 aliphatic heterocycles. The molecule has 8 nitrogen and oxygen atoms in total. The topological polar surface area (TPSA) is 108 Å². The highest BCUT2D eigenvalue weighted by atomic mass is 35.5. The molecule has 0 saturated carbocycles. The minimum absolute atomic E-state index is 0.168. The molecule has 1 N–H and O–H groups in total. The molecular weight excluding hydrogens is 508 g/mol. The first-order valence-electron chi connectivity index (χ1n) is 12.2. The summed E-state index contributed by atoms with van der Waals surface area (Å²) < 4.78 is 12.2. The average Bonchev–Trinajstić information content (AvgIpc) is 2.92. The summed E-state index contributed by atoms with van der Waals surface area (Å²) in [6.07, 6.45) is 1.10. The standard InChI is InChI=1S/C29H27ClN2O6/c1-3-4-12-24-31-23-11-7-9-21(29(36)37-2)25(23)27(33)32(24)17-18-13-15-19(16-14-18)38-26(28(34)35)20-8-5-6-10-22(20)30/h5-11,13-16,26H,3-4,12,17H2,1-2H3,(H,34,35). The number of benzene rings is 3. The van der Waals surface area contributed by atoms with Gasteiger partial charge in [0.15, 0.2) is 0 Å². The van der Waals surface area contributed by atoms with Crippen LogP contribution >= 0.6 is 11.6 Å². The van der Waals surface area contributed by atoms with Crippen molar-refractivity contribution < 1.29 is 24.2 Å². The van der Waals surface area contributed by atoms with Gasteiger partial charge in [0.1, 0.15) is 11.6 Å². The number of halogens is 1. The number of methoxy groups -OCH3 is 1. The van der Waals surface area contributed by atoms with E-state index in [2.05, 4.69) is 6.92 Å². The second-order valence-electron chi connectivity index (χ2n) is 8.72. The number of ether oxygens (including phenoxy) is 2. The van der Waals surface area contributed by atoms with E-state index in [0.29, 0.717) is 34.1 Å². The van der Waals surface area contributed by atoms with Crippen LogP contribution in [-0.2, 0) is 22.5 Å². The maximum absolute atomic E-state index is 13.6. The highest BCUT2D eigenvalue weighted by molar-refractivity contribution is 6.31. The van der Waals surface area contributed by atoms with Gasteiger partial charge in [0.05, 0.1) is 30.1 Å². The summed E-state index contributed by atoms with van der Waals surface area (Å²) in [4.78, 5) is 42.6. The number of esters is 1. The van der Waals surface area contributed by atoms with Crippen molar-refractivity contribution in [1.82, 2.24) is 9.55 Å². The van der Waals surface area contributed by atoms with Gasteiger partial charge in [-0.2, -0.15) is 0 Å². The molecule has 196 valence electrons. The molecule has 4 rings (SSSR count). The van der Waals surface area contributed by atoms with Crippen LogP contribution in [0.15, 0.2) is 71.5 Å². The molecule has 1 atom stereocenters. The maximum Gasteiger partial charge on any atom is 0.349 e. The zero-order valence-corrected chi connectivity index (χ0v) is 21.8. The monoisotopic (exact) mass is 534 g/mol. The number of unbranched alkanes of at least 4 members (excludes halogenated alkanes) is 1. The molecule has 0 spiro atoms. The lowest BCUT2D eigenvalue weighted by molar-refractivity contribution is -0.145. The Morgan fingerprint density at radius 2 is 1.79 bits per heavy atom. The predicted molar refractivity (Wildman–Crippen MR) is 144 cm³/mol. The van der Waals surface area contributed by atoms with Crippen LogP contribution in [0.5, 0.6) is 5.75 Å². The molecule has 0 aliphatic rings. The van der Waals surface area contributed by atoms with Gasteiger partial charge in [-0.1, -0.05) is 61.3 Å². The first kappa shape index (κ1) is 26.9. The Morgan fingerprint density at radius 1 is 1.05 bits per heavy atom. The molecule has 1 aromatic heterocycles. The molecule has 1 unspecified atom stereocenters. The highest BCUT2D eigenvalue weighted by Gasteiger charge is 2.24. The first-order chi connectivity index (χ1) is 18.3. The summed E-state index contributed by atoms with van der Waals surface area (Å²) in [5.74, 6) is -0.811. The predicted octanol–water partition coefficient (Wildman–Crippen LogP) is 5.43. The van der Waals surface area contributed by atoms with E-state index in [4.69, 9.17) is 26.1 Å². The van der Waals surface area contributed by atoms with E-state index >= 15 is 0 Å². The van der Waals surface area contributed by atoms with E-state index in [1.807, 2.05) is 0 Å². The highest BCUT2D eigenvalue weighted by Crippen LogP contribution is 2.28. The molecule has 9 heteroatoms. The third kappa shape index (κ3) is 5.70. The van der Waals surface area contributed by atoms with Crippen LogP contribution in [-0.4, -0.2) is 33.7 Å². The van der Waals surface area contributed by atoms with Crippen LogP contribution < -0.4 is 10.3 Å². The van der Waals surface area contributed by atoms with Crippen molar-refractivity contribution in [2.75, 3.05) is 7.11 Å². The average molecular weight is 535 g/mol. The number of nitrogens with zero attached hydrogens (tertiary/aromatic N) is 2. The molecule has 1 heterocycles. The van der Waals surface area contributed by atoms with E-state index in [-0.39, 0.29) is 23.1 Å². The van der Waals surface area contributed by atoms with E-state index < -0.39 is 18.0 Å². The first-order valence-corrected chi connectivity index (χ1v) is 12.6. The molecule has 0 saturated heterocycles. The molecule has 0 radical (unpaired) electrons. The van der Waals surface area contributed by atoms with Crippen LogP contribution in [0.4, 0.5) is 0 Å². The molecule has 3 aromatic carbocycles. The number of aromatic nitrogens is 2. The summed E-state index contributed by atoms with van der Waals surface area (Å²) in [6.45, 7) is 2.27. The Morgan fingerprint density at radius 3 is 2.45 bits per heavy atom. The number of carboxylic acid groups (broad SMARTS) is 1. The van der Waals surface area contributed by atoms with Crippen LogP contribution in [0.1, 0.15) is 53.2 Å². The fourth-order valence-corrected chi connectivity index (χ4v) is 4.44. The zero-order chi connectivity index (χ0) is 27.2. The fourth-order valence-electron chi connectivity index (χ4n) is 4.21. The molecule has 4 aromatic rings. The second kappa shape index (κ2) is 11.9. The van der Waals surface area contributed by atoms with Crippen LogP contribution in [0.2, 0.25) is 5.02 Å². The Kier molecular flexibility index (Phi) is 8.43. The van der Waals surface area contributed by atoms with Crippen molar-refractivity contribution in [3.8, 4) is 5.75 Å². The summed E-state index contributed by atoms with van der Waals surface area (Å²) in [5.41, 5.74) is 1.41. The molecular formula is C29H27ClN2O6. The molecule has 0 amide bonds. The molecule has 0 fully saturated rings. The Hall–Kier alpha value is -4.17. The van der Waals surface area contributed by atoms with Crippen molar-refractivity contribution >= 4 is 34.4 Å². The maximum atomic E-state index is 13.6. The lowest BCUT2D eigenvalue weighted by Gasteiger charge is -2.17.